The minimum atomic E-state index is -0.959. The molecule has 2 aromatic rings. The lowest BCUT2D eigenvalue weighted by Crippen LogP contribution is -2.37. The van der Waals surface area contributed by atoms with Crippen molar-refractivity contribution in [1.29, 1.82) is 0 Å². The SMILES string of the molecule is CCCCCNC(=O)N(C)c1ncc(-c2ccc(CC(OCC)C(=O)O)cc2)s1. The van der Waals surface area contributed by atoms with Crippen molar-refractivity contribution in [3.8, 4) is 10.4 Å². The molecule has 0 aliphatic carbocycles. The van der Waals surface area contributed by atoms with Crippen molar-refractivity contribution in [3.05, 3.63) is 36.0 Å². The van der Waals surface area contributed by atoms with Gasteiger partial charge in [-0.25, -0.2) is 14.6 Å². The molecule has 2 rings (SSSR count). The summed E-state index contributed by atoms with van der Waals surface area (Å²) in [4.78, 5) is 30.3. The smallest absolute Gasteiger partial charge is 0.333 e. The van der Waals surface area contributed by atoms with Gasteiger partial charge in [0.2, 0.25) is 0 Å². The number of carbonyl (C=O) groups is 2. The van der Waals surface area contributed by atoms with Gasteiger partial charge in [0, 0.05) is 32.8 Å². The van der Waals surface area contributed by atoms with E-state index in [9.17, 15) is 14.7 Å². The molecule has 29 heavy (non-hydrogen) atoms. The van der Waals surface area contributed by atoms with Crippen molar-refractivity contribution < 1.29 is 19.4 Å². The molecule has 7 nitrogen and oxygen atoms in total. The van der Waals surface area contributed by atoms with E-state index in [2.05, 4.69) is 17.2 Å². The van der Waals surface area contributed by atoms with Crippen LogP contribution in [0.2, 0.25) is 0 Å². The maximum atomic E-state index is 12.2. The van der Waals surface area contributed by atoms with E-state index in [1.54, 1.807) is 20.2 Å². The van der Waals surface area contributed by atoms with E-state index in [0.29, 0.717) is 24.7 Å². The number of carboxylic acid groups (broad SMARTS) is 1. The van der Waals surface area contributed by atoms with Gasteiger partial charge in [0.15, 0.2) is 11.2 Å². The predicted octanol–water partition coefficient (Wildman–Crippen LogP) is 4.18. The number of rotatable bonds is 11. The minimum absolute atomic E-state index is 0.159. The fraction of sp³-hybridized carbons (Fsp3) is 0.476. The number of aliphatic carboxylic acids is 1. The number of urea groups is 1. The lowest BCUT2D eigenvalue weighted by molar-refractivity contribution is -0.149. The Bertz CT molecular complexity index is 791. The summed E-state index contributed by atoms with van der Waals surface area (Å²) in [5.41, 5.74) is 1.86. The predicted molar refractivity (Wildman–Crippen MR) is 116 cm³/mol. The van der Waals surface area contributed by atoms with Gasteiger partial charge in [-0.05, 0) is 24.5 Å². The van der Waals surface area contributed by atoms with Gasteiger partial charge >= 0.3 is 12.0 Å². The quantitative estimate of drug-likeness (QED) is 0.533. The van der Waals surface area contributed by atoms with E-state index in [1.807, 2.05) is 24.3 Å². The highest BCUT2D eigenvalue weighted by Crippen LogP contribution is 2.31. The number of aromatic nitrogens is 1. The summed E-state index contributed by atoms with van der Waals surface area (Å²) in [6.45, 7) is 4.93. The third kappa shape index (κ3) is 6.83. The molecule has 0 bridgehead atoms. The number of anilines is 1. The van der Waals surface area contributed by atoms with Crippen LogP contribution in [0.25, 0.3) is 10.4 Å². The number of hydrogen-bond acceptors (Lipinski definition) is 5. The first-order valence-electron chi connectivity index (χ1n) is 9.87. The van der Waals surface area contributed by atoms with Gasteiger partial charge in [-0.15, -0.1) is 0 Å². The number of ether oxygens (including phenoxy) is 1. The van der Waals surface area contributed by atoms with Crippen molar-refractivity contribution in [1.82, 2.24) is 10.3 Å². The van der Waals surface area contributed by atoms with Gasteiger partial charge in [0.1, 0.15) is 0 Å². The molecule has 1 heterocycles. The van der Waals surface area contributed by atoms with Crippen molar-refractivity contribution in [2.24, 2.45) is 0 Å². The third-order valence-corrected chi connectivity index (χ3v) is 5.57. The van der Waals surface area contributed by atoms with Gasteiger partial charge in [-0.1, -0.05) is 55.4 Å². The number of benzene rings is 1. The average molecular weight is 420 g/mol. The molecule has 0 aliphatic heterocycles. The van der Waals surface area contributed by atoms with Crippen LogP contribution in [0.1, 0.15) is 38.7 Å². The molecule has 0 spiro atoms. The summed E-state index contributed by atoms with van der Waals surface area (Å²) in [6, 6.07) is 7.50. The van der Waals surface area contributed by atoms with Crippen LogP contribution in [0.5, 0.6) is 0 Å². The molecule has 1 unspecified atom stereocenters. The summed E-state index contributed by atoms with van der Waals surface area (Å²) >= 11 is 1.43. The van der Waals surface area contributed by atoms with E-state index >= 15 is 0 Å². The van der Waals surface area contributed by atoms with Crippen LogP contribution in [0.15, 0.2) is 30.5 Å². The van der Waals surface area contributed by atoms with Crippen molar-refractivity contribution in [3.63, 3.8) is 0 Å². The molecule has 2 amide bonds. The molecule has 1 atom stereocenters. The molecule has 0 saturated heterocycles. The number of unbranched alkanes of at least 4 members (excludes halogenated alkanes) is 2. The number of amides is 2. The molecule has 0 radical (unpaired) electrons. The second kappa shape index (κ2) is 11.5. The van der Waals surface area contributed by atoms with Crippen LogP contribution in [0.4, 0.5) is 9.93 Å². The first-order valence-corrected chi connectivity index (χ1v) is 10.7. The second-order valence-corrected chi connectivity index (χ2v) is 7.70. The maximum absolute atomic E-state index is 12.2. The van der Waals surface area contributed by atoms with Crippen LogP contribution >= 0.6 is 11.3 Å². The highest BCUT2D eigenvalue weighted by atomic mass is 32.1. The molecule has 1 aromatic heterocycles. The van der Waals surface area contributed by atoms with Gasteiger partial charge in [0.05, 0.1) is 4.88 Å². The number of nitrogens with one attached hydrogen (secondary N) is 1. The Morgan fingerprint density at radius 2 is 1.97 bits per heavy atom. The number of carboxylic acids is 1. The first-order chi connectivity index (χ1) is 14.0. The standard InChI is InChI=1S/C21H29N3O4S/c1-4-6-7-12-22-20(27)24(3)21-23-14-18(29-21)16-10-8-15(9-11-16)13-17(19(25)26)28-5-2/h8-11,14,17H,4-7,12-13H2,1-3H3,(H,22,27)(H,25,26). The summed E-state index contributed by atoms with van der Waals surface area (Å²) in [5, 5.41) is 12.7. The Morgan fingerprint density at radius 1 is 1.24 bits per heavy atom. The van der Waals surface area contributed by atoms with Crippen LogP contribution in [-0.4, -0.2) is 48.4 Å². The Kier molecular flexibility index (Phi) is 9.08. The molecule has 8 heteroatoms. The highest BCUT2D eigenvalue weighted by molar-refractivity contribution is 7.19. The monoisotopic (exact) mass is 419 g/mol. The van der Waals surface area contributed by atoms with Crippen molar-refractivity contribution >= 4 is 28.5 Å². The molecule has 158 valence electrons. The topological polar surface area (TPSA) is 91.8 Å². The minimum Gasteiger partial charge on any atom is -0.479 e. The second-order valence-electron chi connectivity index (χ2n) is 6.69. The third-order valence-electron chi connectivity index (χ3n) is 4.44. The largest absolute Gasteiger partial charge is 0.479 e. The van der Waals surface area contributed by atoms with Gasteiger partial charge in [0.25, 0.3) is 0 Å². The van der Waals surface area contributed by atoms with E-state index < -0.39 is 12.1 Å². The van der Waals surface area contributed by atoms with Crippen LogP contribution in [0, 0.1) is 0 Å². The van der Waals surface area contributed by atoms with Gasteiger partial charge in [-0.2, -0.15) is 0 Å². The molecular formula is C21H29N3O4S. The Balaban J connectivity index is 1.99. The normalized spacial score (nSPS) is 11.8. The number of thiazole rings is 1. The lowest BCUT2D eigenvalue weighted by Gasteiger charge is -2.14. The van der Waals surface area contributed by atoms with Crippen LogP contribution in [0.3, 0.4) is 0 Å². The summed E-state index contributed by atoms with van der Waals surface area (Å²) in [7, 11) is 1.71. The Hall–Kier alpha value is -2.45. The fourth-order valence-corrected chi connectivity index (χ4v) is 3.65. The van der Waals surface area contributed by atoms with Crippen molar-refractivity contribution in [2.75, 3.05) is 25.1 Å². The van der Waals surface area contributed by atoms with Crippen LogP contribution in [-0.2, 0) is 16.0 Å². The Morgan fingerprint density at radius 3 is 2.59 bits per heavy atom. The summed E-state index contributed by atoms with van der Waals surface area (Å²) in [6.07, 6.45) is 4.40. The molecule has 0 fully saturated rings. The lowest BCUT2D eigenvalue weighted by atomic mass is 10.1. The summed E-state index contributed by atoms with van der Waals surface area (Å²) < 4.78 is 5.26. The maximum Gasteiger partial charge on any atom is 0.333 e. The number of nitrogens with zero attached hydrogens (tertiary/aromatic N) is 2. The number of hydrogen-bond donors (Lipinski definition) is 2. The molecular weight excluding hydrogens is 390 g/mol. The number of carbonyl (C=O) groups excluding carboxylic acids is 1. The molecule has 2 N–H and O–H groups in total. The van der Waals surface area contributed by atoms with E-state index in [1.165, 1.54) is 16.2 Å². The molecule has 0 saturated carbocycles. The van der Waals surface area contributed by atoms with Crippen molar-refractivity contribution in [2.45, 2.75) is 45.6 Å². The fourth-order valence-electron chi connectivity index (χ4n) is 2.77. The van der Waals surface area contributed by atoms with E-state index in [4.69, 9.17) is 4.74 Å². The van der Waals surface area contributed by atoms with Crippen LogP contribution < -0.4 is 10.2 Å². The Labute approximate surface area is 175 Å². The van der Waals surface area contributed by atoms with E-state index in [-0.39, 0.29) is 6.03 Å². The van der Waals surface area contributed by atoms with E-state index in [0.717, 1.165) is 35.3 Å². The highest BCUT2D eigenvalue weighted by Gasteiger charge is 2.18. The zero-order valence-electron chi connectivity index (χ0n) is 17.2. The molecule has 1 aromatic carbocycles. The first kappa shape index (κ1) is 22.8. The average Bonchev–Trinajstić information content (AvgIpc) is 3.20. The summed E-state index contributed by atoms with van der Waals surface area (Å²) in [5.74, 6) is -0.959. The molecule has 0 aliphatic rings. The van der Waals surface area contributed by atoms with Gasteiger partial charge < -0.3 is 15.2 Å². The van der Waals surface area contributed by atoms with Gasteiger partial charge in [-0.3, -0.25) is 4.90 Å². The zero-order chi connectivity index (χ0) is 21.2. The zero-order valence-corrected chi connectivity index (χ0v) is 18.0.